The van der Waals surface area contributed by atoms with Gasteiger partial charge >= 0.3 is 0 Å². The number of ether oxygens (including phenoxy) is 1. The van der Waals surface area contributed by atoms with Crippen molar-refractivity contribution < 1.29 is 9.53 Å². The fraction of sp³-hybridized carbons (Fsp3) is 0.348. The smallest absolute Gasteiger partial charge is 0.273 e. The van der Waals surface area contributed by atoms with Gasteiger partial charge in [0.05, 0.1) is 16.6 Å². The molecule has 1 amide bonds. The Labute approximate surface area is 185 Å². The highest BCUT2D eigenvalue weighted by atomic mass is 35.5. The van der Waals surface area contributed by atoms with Gasteiger partial charge in [0.15, 0.2) is 5.82 Å². The van der Waals surface area contributed by atoms with Gasteiger partial charge in [0.1, 0.15) is 11.8 Å². The topological polar surface area (TPSA) is 81.1 Å². The molecule has 5 heterocycles. The maximum atomic E-state index is 13.7. The number of hydrogen-bond acceptors (Lipinski definition) is 6. The number of fused-ring (bicyclic) bond motifs is 3. The summed E-state index contributed by atoms with van der Waals surface area (Å²) in [4.78, 5) is 33.0. The molecule has 3 aliphatic rings. The number of aryl methyl sites for hydroxylation is 1. The average molecular weight is 436 g/mol. The van der Waals surface area contributed by atoms with Gasteiger partial charge in [0.2, 0.25) is 5.88 Å². The Morgan fingerprint density at radius 1 is 1.13 bits per heavy atom. The van der Waals surface area contributed by atoms with Gasteiger partial charge in [-0.05, 0) is 55.9 Å². The van der Waals surface area contributed by atoms with Crippen LogP contribution in [-0.4, -0.2) is 49.4 Å². The molecule has 6 rings (SSSR count). The first kappa shape index (κ1) is 19.9. The van der Waals surface area contributed by atoms with Gasteiger partial charge in [-0.15, -0.1) is 0 Å². The molecular weight excluding hydrogens is 414 g/mol. The van der Waals surface area contributed by atoms with Crippen LogP contribution >= 0.6 is 11.6 Å². The van der Waals surface area contributed by atoms with E-state index >= 15 is 0 Å². The van der Waals surface area contributed by atoms with Crippen molar-refractivity contribution in [3.05, 3.63) is 65.3 Å². The Hall–Kier alpha value is -3.06. The lowest BCUT2D eigenvalue weighted by molar-refractivity contribution is -0.0315. The lowest BCUT2D eigenvalue weighted by Gasteiger charge is -2.49. The highest BCUT2D eigenvalue weighted by Crippen LogP contribution is 2.38. The van der Waals surface area contributed by atoms with Crippen LogP contribution in [0.3, 0.4) is 0 Å². The third-order valence-electron chi connectivity index (χ3n) is 5.99. The second-order valence-corrected chi connectivity index (χ2v) is 8.59. The van der Waals surface area contributed by atoms with Crippen LogP contribution in [-0.2, 0) is 0 Å². The third kappa shape index (κ3) is 3.97. The van der Waals surface area contributed by atoms with Gasteiger partial charge in [-0.2, -0.15) is 0 Å². The van der Waals surface area contributed by atoms with Gasteiger partial charge in [0.25, 0.3) is 5.91 Å². The Morgan fingerprint density at radius 3 is 2.71 bits per heavy atom. The van der Waals surface area contributed by atoms with Crippen molar-refractivity contribution in [1.82, 2.24) is 24.8 Å². The summed E-state index contributed by atoms with van der Waals surface area (Å²) in [6.45, 7) is 2.65. The Balaban J connectivity index is 1.44. The molecule has 1 saturated carbocycles. The second-order valence-electron chi connectivity index (χ2n) is 8.16. The maximum Gasteiger partial charge on any atom is 0.273 e. The standard InChI is InChI=1S/C23H22ClN5O2/c1-14-9-17(22-25-7-2-8-26-22)21(28-11-14)23(30)29-13-15-3-5-18(29)19(10-15)31-20-6-4-16(24)12-27-20/h2,4,6-9,11-12,15,18-19H,3,5,10,13H2,1H3/t15-,18+,19-/m1/s1. The lowest BCUT2D eigenvalue weighted by atomic mass is 9.77. The molecule has 8 heteroatoms. The van der Waals surface area contributed by atoms with Gasteiger partial charge in [0, 0.05) is 37.4 Å². The van der Waals surface area contributed by atoms with E-state index in [4.69, 9.17) is 16.3 Å². The van der Waals surface area contributed by atoms with E-state index in [2.05, 4.69) is 19.9 Å². The number of halogens is 1. The lowest BCUT2D eigenvalue weighted by Crippen LogP contribution is -2.59. The Bertz CT molecular complexity index is 1090. The van der Waals surface area contributed by atoms with Crippen LogP contribution < -0.4 is 4.74 Å². The van der Waals surface area contributed by atoms with E-state index in [1.165, 1.54) is 0 Å². The first-order valence-electron chi connectivity index (χ1n) is 10.4. The van der Waals surface area contributed by atoms with Crippen molar-refractivity contribution in [2.45, 2.75) is 38.3 Å². The van der Waals surface area contributed by atoms with E-state index in [9.17, 15) is 4.79 Å². The maximum absolute atomic E-state index is 13.7. The fourth-order valence-corrected chi connectivity index (χ4v) is 4.68. The molecular formula is C23H22ClN5O2. The molecule has 0 aromatic carbocycles. The molecule has 2 aliphatic heterocycles. The molecule has 2 saturated heterocycles. The highest BCUT2D eigenvalue weighted by molar-refractivity contribution is 6.30. The number of amides is 1. The molecule has 7 nitrogen and oxygen atoms in total. The fourth-order valence-electron chi connectivity index (χ4n) is 4.56. The SMILES string of the molecule is Cc1cnc(C(=O)N2C[C@@H]3CC[C@H]2[C@H](Oc2ccc(Cl)cn2)C3)c(-c2ncccn2)c1. The largest absolute Gasteiger partial charge is 0.472 e. The molecule has 3 fully saturated rings. The first-order valence-corrected chi connectivity index (χ1v) is 10.8. The number of carbonyl (C=O) groups excluding carboxylic acids is 1. The first-order chi connectivity index (χ1) is 15.1. The molecule has 3 atom stereocenters. The number of pyridine rings is 2. The van der Waals surface area contributed by atoms with Crippen LogP contribution in [0.2, 0.25) is 5.02 Å². The van der Waals surface area contributed by atoms with E-state index < -0.39 is 0 Å². The summed E-state index contributed by atoms with van der Waals surface area (Å²) in [5, 5.41) is 0.565. The summed E-state index contributed by atoms with van der Waals surface area (Å²) in [5.74, 6) is 1.33. The molecule has 0 spiro atoms. The summed E-state index contributed by atoms with van der Waals surface area (Å²) < 4.78 is 6.19. The zero-order valence-electron chi connectivity index (χ0n) is 17.1. The molecule has 31 heavy (non-hydrogen) atoms. The molecule has 0 radical (unpaired) electrons. The second kappa shape index (κ2) is 8.23. The zero-order valence-corrected chi connectivity index (χ0v) is 17.9. The van der Waals surface area contributed by atoms with Crippen LogP contribution in [0.5, 0.6) is 5.88 Å². The molecule has 2 bridgehead atoms. The zero-order chi connectivity index (χ0) is 21.4. The van der Waals surface area contributed by atoms with Crippen LogP contribution in [0.25, 0.3) is 11.4 Å². The number of piperidine rings is 2. The summed E-state index contributed by atoms with van der Waals surface area (Å²) >= 11 is 5.94. The van der Waals surface area contributed by atoms with Crippen LogP contribution in [0.4, 0.5) is 0 Å². The van der Waals surface area contributed by atoms with E-state index in [0.29, 0.717) is 40.4 Å². The van der Waals surface area contributed by atoms with Gasteiger partial charge in [-0.3, -0.25) is 9.78 Å². The summed E-state index contributed by atoms with van der Waals surface area (Å²) in [7, 11) is 0. The van der Waals surface area contributed by atoms with Crippen molar-refractivity contribution in [3.8, 4) is 17.3 Å². The number of carbonyl (C=O) groups is 1. The van der Waals surface area contributed by atoms with Crippen LogP contribution in [0, 0.1) is 12.8 Å². The summed E-state index contributed by atoms with van der Waals surface area (Å²) in [6.07, 6.45) is 9.43. The van der Waals surface area contributed by atoms with E-state index in [0.717, 1.165) is 24.8 Å². The predicted octanol–water partition coefficient (Wildman–Crippen LogP) is 3.97. The number of hydrogen-bond donors (Lipinski definition) is 0. The van der Waals surface area contributed by atoms with E-state index in [1.807, 2.05) is 17.9 Å². The monoisotopic (exact) mass is 435 g/mol. The normalized spacial score (nSPS) is 22.4. The Kier molecular flexibility index (Phi) is 5.28. The van der Waals surface area contributed by atoms with Crippen molar-refractivity contribution in [1.29, 1.82) is 0 Å². The van der Waals surface area contributed by atoms with Gasteiger partial charge < -0.3 is 9.64 Å². The minimum absolute atomic E-state index is 0.0253. The minimum atomic E-state index is -0.105. The Morgan fingerprint density at radius 2 is 1.97 bits per heavy atom. The number of aromatic nitrogens is 4. The average Bonchev–Trinajstić information content (AvgIpc) is 2.81. The van der Waals surface area contributed by atoms with Crippen molar-refractivity contribution >= 4 is 17.5 Å². The van der Waals surface area contributed by atoms with Crippen LogP contribution in [0.1, 0.15) is 35.3 Å². The molecule has 158 valence electrons. The molecule has 1 aliphatic carbocycles. The van der Waals surface area contributed by atoms with E-state index in [-0.39, 0.29) is 18.1 Å². The van der Waals surface area contributed by atoms with Crippen molar-refractivity contribution in [2.75, 3.05) is 6.54 Å². The van der Waals surface area contributed by atoms with Gasteiger partial charge in [-0.25, -0.2) is 15.0 Å². The molecule has 0 N–H and O–H groups in total. The molecule has 3 aromatic rings. The molecule has 0 unspecified atom stereocenters. The van der Waals surface area contributed by atoms with Crippen LogP contribution in [0.15, 0.2) is 49.1 Å². The highest BCUT2D eigenvalue weighted by Gasteiger charge is 2.45. The van der Waals surface area contributed by atoms with E-state index in [1.54, 1.807) is 43.0 Å². The minimum Gasteiger partial charge on any atom is -0.472 e. The number of nitrogens with zero attached hydrogens (tertiary/aromatic N) is 5. The van der Waals surface area contributed by atoms with Crippen molar-refractivity contribution in [2.24, 2.45) is 5.92 Å². The van der Waals surface area contributed by atoms with Gasteiger partial charge in [-0.1, -0.05) is 11.6 Å². The third-order valence-corrected chi connectivity index (χ3v) is 6.21. The van der Waals surface area contributed by atoms with Crippen molar-refractivity contribution in [3.63, 3.8) is 0 Å². The quantitative estimate of drug-likeness (QED) is 0.616. The number of rotatable bonds is 4. The summed E-state index contributed by atoms with van der Waals surface area (Å²) in [6, 6.07) is 7.18. The predicted molar refractivity (Wildman–Crippen MR) is 116 cm³/mol. The summed E-state index contributed by atoms with van der Waals surface area (Å²) in [5.41, 5.74) is 1.99. The molecule has 3 aromatic heterocycles.